The van der Waals surface area contributed by atoms with Crippen LogP contribution in [0.15, 0.2) is 41.5 Å². The molecule has 0 spiro atoms. The largest absolute Gasteiger partial charge is 0.490 e. The normalized spacial score (nSPS) is 14.9. The van der Waals surface area contributed by atoms with Gasteiger partial charge < -0.3 is 24.8 Å². The molecule has 1 heterocycles. The lowest BCUT2D eigenvalue weighted by Gasteiger charge is -2.13. The number of hydrogen-bond donors (Lipinski definition) is 3. The van der Waals surface area contributed by atoms with Crippen molar-refractivity contribution in [2.45, 2.75) is 32.8 Å². The predicted molar refractivity (Wildman–Crippen MR) is 136 cm³/mol. The topological polar surface area (TPSA) is 127 Å². The van der Waals surface area contributed by atoms with Crippen molar-refractivity contribution in [2.75, 3.05) is 31.7 Å². The molecule has 3 amide bonds. The molecule has 1 atom stereocenters. The second kappa shape index (κ2) is 13.5. The number of carbonyl (C=O) groups is 3. The molecule has 0 aliphatic carbocycles. The molecule has 1 aliphatic rings. The summed E-state index contributed by atoms with van der Waals surface area (Å²) in [6.07, 6.45) is 3.11. The van der Waals surface area contributed by atoms with Crippen LogP contribution in [-0.4, -0.2) is 56.4 Å². The van der Waals surface area contributed by atoms with Crippen molar-refractivity contribution in [3.63, 3.8) is 0 Å². The van der Waals surface area contributed by atoms with Gasteiger partial charge in [-0.2, -0.15) is 5.10 Å². The SMILES string of the molecule is CCOc1cc(/C=N\NC(=O)C(=O)NC[C@@H]2CCCO2)ccc1OCC(=O)Nc1cc(Cl)ccc1C. The molecule has 36 heavy (non-hydrogen) atoms. The van der Waals surface area contributed by atoms with Crippen molar-refractivity contribution in [1.29, 1.82) is 0 Å². The summed E-state index contributed by atoms with van der Waals surface area (Å²) in [6, 6.07) is 10.2. The molecule has 0 unspecified atom stereocenters. The minimum absolute atomic E-state index is 0.0602. The summed E-state index contributed by atoms with van der Waals surface area (Å²) >= 11 is 5.99. The molecule has 2 aromatic rings. The molecule has 11 heteroatoms. The van der Waals surface area contributed by atoms with Gasteiger partial charge in [0, 0.05) is 23.9 Å². The molecule has 0 bridgehead atoms. The maximum absolute atomic E-state index is 12.3. The van der Waals surface area contributed by atoms with Crippen LogP contribution in [0.5, 0.6) is 11.5 Å². The van der Waals surface area contributed by atoms with E-state index >= 15 is 0 Å². The number of hydrogen-bond acceptors (Lipinski definition) is 7. The molecular formula is C25H29ClN4O6. The average molecular weight is 517 g/mol. The molecule has 0 aromatic heterocycles. The van der Waals surface area contributed by atoms with Gasteiger partial charge in [-0.15, -0.1) is 0 Å². The Balaban J connectivity index is 1.52. The molecule has 1 aliphatic heterocycles. The third kappa shape index (κ3) is 8.24. The van der Waals surface area contributed by atoms with Crippen molar-refractivity contribution >= 4 is 41.2 Å². The highest BCUT2D eigenvalue weighted by Gasteiger charge is 2.19. The summed E-state index contributed by atoms with van der Waals surface area (Å²) in [7, 11) is 0. The smallest absolute Gasteiger partial charge is 0.329 e. The van der Waals surface area contributed by atoms with Crippen molar-refractivity contribution in [1.82, 2.24) is 10.7 Å². The highest BCUT2D eigenvalue weighted by molar-refractivity contribution is 6.35. The summed E-state index contributed by atoms with van der Waals surface area (Å²) in [4.78, 5) is 36.1. The molecule has 0 radical (unpaired) electrons. The fourth-order valence-corrected chi connectivity index (χ4v) is 3.53. The number of rotatable bonds is 10. The van der Waals surface area contributed by atoms with Gasteiger partial charge in [0.05, 0.1) is 18.9 Å². The molecule has 3 N–H and O–H groups in total. The quantitative estimate of drug-likeness (QED) is 0.253. The van der Waals surface area contributed by atoms with Crippen LogP contribution in [0.25, 0.3) is 0 Å². The number of benzene rings is 2. The molecule has 2 aromatic carbocycles. The van der Waals surface area contributed by atoms with Crippen LogP contribution in [0.1, 0.15) is 30.9 Å². The molecule has 192 valence electrons. The second-order valence-electron chi connectivity index (χ2n) is 7.98. The summed E-state index contributed by atoms with van der Waals surface area (Å²) in [6.45, 7) is 4.75. The molecule has 1 fully saturated rings. The highest BCUT2D eigenvalue weighted by Crippen LogP contribution is 2.28. The van der Waals surface area contributed by atoms with E-state index < -0.39 is 11.8 Å². The van der Waals surface area contributed by atoms with Crippen LogP contribution >= 0.6 is 11.6 Å². The fourth-order valence-electron chi connectivity index (χ4n) is 3.36. The van der Waals surface area contributed by atoms with Crippen LogP contribution in [-0.2, 0) is 19.1 Å². The van der Waals surface area contributed by atoms with Crippen LogP contribution in [0.2, 0.25) is 5.02 Å². The Kier molecular flexibility index (Phi) is 10.1. The lowest BCUT2D eigenvalue weighted by atomic mass is 10.2. The first kappa shape index (κ1) is 27.0. The van der Waals surface area contributed by atoms with Crippen LogP contribution < -0.4 is 25.5 Å². The third-order valence-electron chi connectivity index (χ3n) is 5.20. The van der Waals surface area contributed by atoms with E-state index in [1.54, 1.807) is 30.3 Å². The minimum atomic E-state index is -0.879. The predicted octanol–water partition coefficient (Wildman–Crippen LogP) is 2.81. The summed E-state index contributed by atoms with van der Waals surface area (Å²) in [5, 5.41) is 9.63. The first-order valence-corrected chi connectivity index (χ1v) is 11.9. The van der Waals surface area contributed by atoms with Gasteiger partial charge in [-0.05, 0) is 68.1 Å². The van der Waals surface area contributed by atoms with Gasteiger partial charge in [-0.25, -0.2) is 5.43 Å². The van der Waals surface area contributed by atoms with E-state index in [2.05, 4.69) is 21.2 Å². The molecular weight excluding hydrogens is 488 g/mol. The van der Waals surface area contributed by atoms with Crippen LogP contribution in [0, 0.1) is 6.92 Å². The van der Waals surface area contributed by atoms with Crippen LogP contribution in [0.3, 0.4) is 0 Å². The van der Waals surface area contributed by atoms with Crippen molar-refractivity contribution in [3.05, 3.63) is 52.5 Å². The number of amides is 3. The van der Waals surface area contributed by atoms with Gasteiger partial charge in [-0.1, -0.05) is 17.7 Å². The summed E-state index contributed by atoms with van der Waals surface area (Å²) in [5.41, 5.74) is 4.26. The van der Waals surface area contributed by atoms with Gasteiger partial charge in [0.1, 0.15) is 0 Å². The first-order chi connectivity index (χ1) is 17.4. The summed E-state index contributed by atoms with van der Waals surface area (Å²) < 4.78 is 16.7. The van der Waals surface area contributed by atoms with Crippen molar-refractivity contribution < 1.29 is 28.6 Å². The lowest BCUT2D eigenvalue weighted by Crippen LogP contribution is -2.41. The summed E-state index contributed by atoms with van der Waals surface area (Å²) in [5.74, 6) is -1.25. The zero-order valence-corrected chi connectivity index (χ0v) is 20.9. The number of nitrogens with one attached hydrogen (secondary N) is 3. The number of anilines is 1. The Morgan fingerprint density at radius 1 is 1.14 bits per heavy atom. The van der Waals surface area contributed by atoms with E-state index in [9.17, 15) is 14.4 Å². The Bertz CT molecular complexity index is 1120. The number of hydrazone groups is 1. The van der Waals surface area contributed by atoms with E-state index in [0.717, 1.165) is 18.4 Å². The zero-order chi connectivity index (χ0) is 25.9. The van der Waals surface area contributed by atoms with Crippen molar-refractivity contribution in [3.8, 4) is 11.5 Å². The zero-order valence-electron chi connectivity index (χ0n) is 20.1. The minimum Gasteiger partial charge on any atom is -0.490 e. The number of halogens is 1. The van der Waals surface area contributed by atoms with Gasteiger partial charge in [0.2, 0.25) is 0 Å². The maximum Gasteiger partial charge on any atom is 0.329 e. The number of carbonyl (C=O) groups excluding carboxylic acids is 3. The van der Waals surface area contributed by atoms with E-state index in [-0.39, 0.29) is 25.2 Å². The van der Waals surface area contributed by atoms with E-state index in [0.29, 0.717) is 41.0 Å². The van der Waals surface area contributed by atoms with Gasteiger partial charge in [-0.3, -0.25) is 14.4 Å². The number of ether oxygens (including phenoxy) is 3. The van der Waals surface area contributed by atoms with Gasteiger partial charge in [0.25, 0.3) is 5.91 Å². The van der Waals surface area contributed by atoms with Gasteiger partial charge >= 0.3 is 11.8 Å². The molecule has 1 saturated heterocycles. The maximum atomic E-state index is 12.3. The fraction of sp³-hybridized carbons (Fsp3) is 0.360. The van der Waals surface area contributed by atoms with Gasteiger partial charge in [0.15, 0.2) is 18.1 Å². The number of nitrogens with zero attached hydrogens (tertiary/aromatic N) is 1. The third-order valence-corrected chi connectivity index (χ3v) is 5.44. The molecule has 10 nitrogen and oxygen atoms in total. The monoisotopic (exact) mass is 516 g/mol. The first-order valence-electron chi connectivity index (χ1n) is 11.5. The number of aryl methyl sites for hydroxylation is 1. The second-order valence-corrected chi connectivity index (χ2v) is 8.42. The van der Waals surface area contributed by atoms with Crippen LogP contribution in [0.4, 0.5) is 5.69 Å². The molecule has 0 saturated carbocycles. The standard InChI is InChI=1S/C25H29ClN4O6/c1-3-34-22-11-17(13-28-30-25(33)24(32)27-14-19-5-4-10-35-19)7-9-21(22)36-15-23(31)29-20-12-18(26)8-6-16(20)2/h6-9,11-13,19H,3-5,10,14-15H2,1-2H3,(H,27,32)(H,29,31)(H,30,33)/b28-13-/t19-/m0/s1. The van der Waals surface area contributed by atoms with E-state index in [1.807, 2.05) is 19.9 Å². The Labute approximate surface area is 214 Å². The highest BCUT2D eigenvalue weighted by atomic mass is 35.5. The Hall–Kier alpha value is -3.63. The Morgan fingerprint density at radius 3 is 2.72 bits per heavy atom. The van der Waals surface area contributed by atoms with E-state index in [1.165, 1.54) is 6.21 Å². The molecule has 3 rings (SSSR count). The Morgan fingerprint density at radius 2 is 1.97 bits per heavy atom. The average Bonchev–Trinajstić information content (AvgIpc) is 3.38. The lowest BCUT2D eigenvalue weighted by molar-refractivity contribution is -0.139. The van der Waals surface area contributed by atoms with E-state index in [4.69, 9.17) is 25.8 Å². The van der Waals surface area contributed by atoms with Crippen molar-refractivity contribution in [2.24, 2.45) is 5.10 Å².